The van der Waals surface area contributed by atoms with Crippen LogP contribution in [0.4, 0.5) is 10.1 Å². The molecule has 1 aromatic carbocycles. The highest BCUT2D eigenvalue weighted by atomic mass is 79.9. The van der Waals surface area contributed by atoms with Crippen LogP contribution in [0.1, 0.15) is 25.0 Å². The van der Waals surface area contributed by atoms with Crippen molar-refractivity contribution in [2.24, 2.45) is 0 Å². The molecule has 0 aliphatic carbocycles. The van der Waals surface area contributed by atoms with Gasteiger partial charge in [0.15, 0.2) is 0 Å². The Hall–Kier alpha value is -0.570. The minimum absolute atomic E-state index is 0.194. The molecule has 1 rings (SSSR count). The molecule has 3 heteroatoms. The summed E-state index contributed by atoms with van der Waals surface area (Å²) < 4.78 is 13.9. The molecule has 0 saturated heterocycles. The SMILES string of the molecule is CC.Cc1c(Br)cc(N)c(F)c1C. The van der Waals surface area contributed by atoms with Crippen LogP contribution in [0.15, 0.2) is 10.5 Å². The minimum Gasteiger partial charge on any atom is -0.396 e. The van der Waals surface area contributed by atoms with Gasteiger partial charge in [-0.15, -0.1) is 0 Å². The van der Waals surface area contributed by atoms with Crippen molar-refractivity contribution in [1.29, 1.82) is 0 Å². The third kappa shape index (κ3) is 2.69. The number of halogens is 2. The van der Waals surface area contributed by atoms with E-state index in [9.17, 15) is 4.39 Å². The summed E-state index contributed by atoms with van der Waals surface area (Å²) in [6, 6.07) is 1.58. The zero-order valence-corrected chi connectivity index (χ0v) is 10.00. The van der Waals surface area contributed by atoms with Gasteiger partial charge >= 0.3 is 0 Å². The van der Waals surface area contributed by atoms with E-state index in [0.717, 1.165) is 10.0 Å². The van der Waals surface area contributed by atoms with Crippen molar-refractivity contribution >= 4 is 21.6 Å². The quantitative estimate of drug-likeness (QED) is 0.694. The maximum atomic E-state index is 13.0. The van der Waals surface area contributed by atoms with E-state index < -0.39 is 0 Å². The maximum Gasteiger partial charge on any atom is 0.149 e. The van der Waals surface area contributed by atoms with Crippen LogP contribution in [0.25, 0.3) is 0 Å². The molecule has 0 unspecified atom stereocenters. The van der Waals surface area contributed by atoms with E-state index in [1.165, 1.54) is 0 Å². The van der Waals surface area contributed by atoms with Crippen LogP contribution in [0.3, 0.4) is 0 Å². The van der Waals surface area contributed by atoms with Crippen molar-refractivity contribution in [3.8, 4) is 0 Å². The Kier molecular flexibility index (Phi) is 4.99. The predicted octanol–water partition coefficient (Wildman–Crippen LogP) is 3.81. The minimum atomic E-state index is -0.314. The van der Waals surface area contributed by atoms with Crippen LogP contribution in [-0.4, -0.2) is 0 Å². The van der Waals surface area contributed by atoms with Gasteiger partial charge < -0.3 is 5.73 Å². The first-order valence-electron chi connectivity index (χ1n) is 4.24. The molecule has 0 fully saturated rings. The summed E-state index contributed by atoms with van der Waals surface area (Å²) in [5.74, 6) is -0.314. The molecule has 0 bridgehead atoms. The molecule has 1 nitrogen and oxygen atoms in total. The molecule has 0 radical (unpaired) electrons. The third-order valence-corrected chi connectivity index (χ3v) is 2.61. The van der Waals surface area contributed by atoms with E-state index in [-0.39, 0.29) is 11.5 Å². The lowest BCUT2D eigenvalue weighted by molar-refractivity contribution is 0.621. The fourth-order valence-corrected chi connectivity index (χ4v) is 1.41. The van der Waals surface area contributed by atoms with Gasteiger partial charge in [-0.1, -0.05) is 29.8 Å². The summed E-state index contributed by atoms with van der Waals surface area (Å²) in [6.45, 7) is 7.56. The highest BCUT2D eigenvalue weighted by Gasteiger charge is 2.07. The van der Waals surface area contributed by atoms with Crippen LogP contribution >= 0.6 is 15.9 Å². The van der Waals surface area contributed by atoms with Gasteiger partial charge in [0, 0.05) is 4.47 Å². The number of hydrogen-bond acceptors (Lipinski definition) is 1. The van der Waals surface area contributed by atoms with Gasteiger partial charge in [0.25, 0.3) is 0 Å². The summed E-state index contributed by atoms with van der Waals surface area (Å²) in [6.07, 6.45) is 0. The van der Waals surface area contributed by atoms with Crippen molar-refractivity contribution in [1.82, 2.24) is 0 Å². The average Bonchev–Trinajstić information content (AvgIpc) is 2.15. The summed E-state index contributed by atoms with van der Waals surface area (Å²) in [4.78, 5) is 0. The molecule has 0 heterocycles. The van der Waals surface area contributed by atoms with Crippen LogP contribution < -0.4 is 5.73 Å². The van der Waals surface area contributed by atoms with E-state index in [1.54, 1.807) is 13.0 Å². The number of anilines is 1. The van der Waals surface area contributed by atoms with Crippen LogP contribution in [-0.2, 0) is 0 Å². The van der Waals surface area contributed by atoms with E-state index in [2.05, 4.69) is 15.9 Å². The Labute approximate surface area is 87.3 Å². The highest BCUT2D eigenvalue weighted by molar-refractivity contribution is 9.10. The van der Waals surface area contributed by atoms with Crippen LogP contribution in [0.2, 0.25) is 0 Å². The predicted molar refractivity (Wildman–Crippen MR) is 59.3 cm³/mol. The topological polar surface area (TPSA) is 26.0 Å². The molecule has 0 aromatic heterocycles. The van der Waals surface area contributed by atoms with Crippen molar-refractivity contribution in [3.05, 3.63) is 27.5 Å². The Morgan fingerprint density at radius 2 is 1.69 bits per heavy atom. The largest absolute Gasteiger partial charge is 0.396 e. The maximum absolute atomic E-state index is 13.0. The molecule has 13 heavy (non-hydrogen) atoms. The molecule has 74 valence electrons. The van der Waals surface area contributed by atoms with Gasteiger partial charge in [-0.25, -0.2) is 4.39 Å². The molecule has 0 atom stereocenters. The standard InChI is InChI=1S/C8H9BrFN.C2H6/c1-4-5(2)8(10)7(11)3-6(4)9;1-2/h3H,11H2,1-2H3;1-2H3. The number of hydrogen-bond donors (Lipinski definition) is 1. The number of nitrogens with two attached hydrogens (primary N) is 1. The second-order valence-electron chi connectivity index (χ2n) is 2.51. The Balaban J connectivity index is 0.000000671. The van der Waals surface area contributed by atoms with E-state index in [0.29, 0.717) is 5.56 Å². The monoisotopic (exact) mass is 247 g/mol. The first-order valence-corrected chi connectivity index (χ1v) is 5.04. The molecule has 0 amide bonds. The summed E-state index contributed by atoms with van der Waals surface area (Å²) >= 11 is 3.28. The lowest BCUT2D eigenvalue weighted by Crippen LogP contribution is -1.96. The smallest absolute Gasteiger partial charge is 0.149 e. The normalized spacial score (nSPS) is 9.08. The Morgan fingerprint density at radius 1 is 1.23 bits per heavy atom. The summed E-state index contributed by atoms with van der Waals surface area (Å²) in [7, 11) is 0. The van der Waals surface area contributed by atoms with Gasteiger partial charge in [-0.3, -0.25) is 0 Å². The Bertz CT molecular complexity index is 271. The molecular formula is C10H15BrFN. The molecule has 0 aliphatic rings. The fraction of sp³-hybridized carbons (Fsp3) is 0.400. The number of rotatable bonds is 0. The second kappa shape index (κ2) is 5.22. The lowest BCUT2D eigenvalue weighted by Gasteiger charge is -2.06. The van der Waals surface area contributed by atoms with Crippen molar-refractivity contribution in [2.45, 2.75) is 27.7 Å². The van der Waals surface area contributed by atoms with Crippen molar-refractivity contribution in [2.75, 3.05) is 5.73 Å². The second-order valence-corrected chi connectivity index (χ2v) is 3.37. The fourth-order valence-electron chi connectivity index (χ4n) is 0.868. The van der Waals surface area contributed by atoms with E-state index in [4.69, 9.17) is 5.73 Å². The van der Waals surface area contributed by atoms with Gasteiger partial charge in [0.2, 0.25) is 0 Å². The van der Waals surface area contributed by atoms with E-state index >= 15 is 0 Å². The number of nitrogen functional groups attached to an aromatic ring is 1. The van der Waals surface area contributed by atoms with Gasteiger partial charge in [-0.05, 0) is 31.0 Å². The number of benzene rings is 1. The van der Waals surface area contributed by atoms with Gasteiger partial charge in [0.1, 0.15) is 5.82 Å². The molecule has 0 spiro atoms. The van der Waals surface area contributed by atoms with Gasteiger partial charge in [0.05, 0.1) is 5.69 Å². The first kappa shape index (κ1) is 12.4. The average molecular weight is 248 g/mol. The molecule has 2 N–H and O–H groups in total. The van der Waals surface area contributed by atoms with Crippen molar-refractivity contribution < 1.29 is 4.39 Å². The zero-order valence-electron chi connectivity index (χ0n) is 8.41. The van der Waals surface area contributed by atoms with Crippen LogP contribution in [0, 0.1) is 19.7 Å². The summed E-state index contributed by atoms with van der Waals surface area (Å²) in [5, 5.41) is 0. The van der Waals surface area contributed by atoms with Gasteiger partial charge in [-0.2, -0.15) is 0 Å². The molecule has 0 saturated carbocycles. The van der Waals surface area contributed by atoms with Crippen LogP contribution in [0.5, 0.6) is 0 Å². The first-order chi connectivity index (χ1) is 6.04. The highest BCUT2D eigenvalue weighted by Crippen LogP contribution is 2.26. The Morgan fingerprint density at radius 3 is 2.15 bits per heavy atom. The van der Waals surface area contributed by atoms with Crippen molar-refractivity contribution in [3.63, 3.8) is 0 Å². The summed E-state index contributed by atoms with van der Waals surface area (Å²) in [5.41, 5.74) is 7.09. The molecular weight excluding hydrogens is 233 g/mol. The lowest BCUT2D eigenvalue weighted by atomic mass is 10.1. The zero-order chi connectivity index (χ0) is 10.6. The molecule has 0 aliphatic heterocycles. The molecule has 1 aromatic rings. The third-order valence-electron chi connectivity index (χ3n) is 1.79. The van der Waals surface area contributed by atoms with E-state index in [1.807, 2.05) is 20.8 Å².